The van der Waals surface area contributed by atoms with Gasteiger partial charge in [0.2, 0.25) is 0 Å². The van der Waals surface area contributed by atoms with Gasteiger partial charge in [-0.1, -0.05) is 42.8 Å². The number of aryl methyl sites for hydroxylation is 1. The Morgan fingerprint density at radius 3 is 2.65 bits per heavy atom. The number of halogens is 2. The first-order chi connectivity index (χ1) is 14.9. The van der Waals surface area contributed by atoms with Gasteiger partial charge < -0.3 is 15.2 Å². The second-order valence-electron chi connectivity index (χ2n) is 8.30. The highest BCUT2D eigenvalue weighted by Gasteiger charge is 2.33. The molecule has 4 unspecified atom stereocenters. The van der Waals surface area contributed by atoms with Gasteiger partial charge in [-0.2, -0.15) is 0 Å². The molecule has 2 aromatic rings. The van der Waals surface area contributed by atoms with Gasteiger partial charge in [-0.25, -0.2) is 8.78 Å². The van der Waals surface area contributed by atoms with Crippen LogP contribution in [0.25, 0.3) is 0 Å². The Labute approximate surface area is 182 Å². The topological polar surface area (TPSA) is 61.5 Å². The van der Waals surface area contributed by atoms with Crippen molar-refractivity contribution in [2.45, 2.75) is 63.7 Å². The first-order valence-electron chi connectivity index (χ1n) is 11.0. The van der Waals surface area contributed by atoms with Crippen molar-refractivity contribution >= 4 is 5.97 Å². The maximum Gasteiger partial charge on any atom is 0.323 e. The van der Waals surface area contributed by atoms with E-state index < -0.39 is 35.9 Å². The predicted molar refractivity (Wildman–Crippen MR) is 115 cm³/mol. The molecule has 3 rings (SSSR count). The summed E-state index contributed by atoms with van der Waals surface area (Å²) in [5.74, 6) is -1.68. The van der Waals surface area contributed by atoms with Crippen molar-refractivity contribution in [1.82, 2.24) is 0 Å². The van der Waals surface area contributed by atoms with Crippen molar-refractivity contribution < 1.29 is 23.0 Å². The molecule has 1 aliphatic heterocycles. The van der Waals surface area contributed by atoms with Crippen molar-refractivity contribution in [3.05, 3.63) is 71.3 Å². The molecular formula is C25H31F2NO3. The predicted octanol–water partition coefficient (Wildman–Crippen LogP) is 4.58. The third-order valence-electron chi connectivity index (χ3n) is 5.88. The van der Waals surface area contributed by atoms with Crippen LogP contribution in [0.2, 0.25) is 0 Å². The number of esters is 1. The minimum Gasteiger partial charge on any atom is -0.459 e. The lowest BCUT2D eigenvalue weighted by Crippen LogP contribution is -2.41. The molecule has 4 nitrogen and oxygen atoms in total. The van der Waals surface area contributed by atoms with Crippen molar-refractivity contribution in [1.29, 1.82) is 0 Å². The summed E-state index contributed by atoms with van der Waals surface area (Å²) in [5, 5.41) is 0. The minimum atomic E-state index is -0.664. The molecule has 0 radical (unpaired) electrons. The minimum absolute atomic E-state index is 0.0789. The van der Waals surface area contributed by atoms with E-state index in [-0.39, 0.29) is 5.92 Å². The maximum absolute atomic E-state index is 14.3. The number of cyclic esters (lactones) is 1. The summed E-state index contributed by atoms with van der Waals surface area (Å²) in [7, 11) is 0. The van der Waals surface area contributed by atoms with E-state index >= 15 is 0 Å². The molecule has 1 fully saturated rings. The highest BCUT2D eigenvalue weighted by Crippen LogP contribution is 2.28. The van der Waals surface area contributed by atoms with Crippen LogP contribution in [-0.4, -0.2) is 30.8 Å². The van der Waals surface area contributed by atoms with Gasteiger partial charge in [0.05, 0.1) is 6.10 Å². The fourth-order valence-corrected chi connectivity index (χ4v) is 4.20. The second-order valence-corrected chi connectivity index (χ2v) is 8.30. The van der Waals surface area contributed by atoms with Crippen LogP contribution in [0.5, 0.6) is 0 Å². The molecule has 4 atom stereocenters. The summed E-state index contributed by atoms with van der Waals surface area (Å²) in [6, 6.07) is 13.1. The summed E-state index contributed by atoms with van der Waals surface area (Å²) in [6.07, 6.45) is 3.11. The number of nitrogens with two attached hydrogens (primary N) is 1. The first-order valence-corrected chi connectivity index (χ1v) is 11.0. The largest absolute Gasteiger partial charge is 0.459 e. The molecule has 0 bridgehead atoms. The highest BCUT2D eigenvalue weighted by atomic mass is 19.1. The Bertz CT molecular complexity index is 846. The zero-order valence-corrected chi connectivity index (χ0v) is 17.9. The van der Waals surface area contributed by atoms with Crippen LogP contribution >= 0.6 is 0 Å². The van der Waals surface area contributed by atoms with Gasteiger partial charge in [-0.3, -0.25) is 4.79 Å². The number of hydrogen-bond donors (Lipinski definition) is 1. The third kappa shape index (κ3) is 6.84. The summed E-state index contributed by atoms with van der Waals surface area (Å²) in [6.45, 7) is 2.29. The molecule has 31 heavy (non-hydrogen) atoms. The molecule has 0 amide bonds. The lowest BCUT2D eigenvalue weighted by Gasteiger charge is -2.31. The highest BCUT2D eigenvalue weighted by molar-refractivity contribution is 5.75. The number of hydrogen-bond acceptors (Lipinski definition) is 4. The van der Waals surface area contributed by atoms with Crippen LogP contribution < -0.4 is 5.73 Å². The van der Waals surface area contributed by atoms with Crippen molar-refractivity contribution in [3.8, 4) is 0 Å². The van der Waals surface area contributed by atoms with Gasteiger partial charge in [0.15, 0.2) is 0 Å². The summed E-state index contributed by atoms with van der Waals surface area (Å²) in [4.78, 5) is 12.2. The SMILES string of the molecule is CC1OC(=O)C(N)CCCC(Cc2ccc(F)cc2F)C1OCCCc1ccccc1. The normalized spacial score (nSPS) is 24.7. The lowest BCUT2D eigenvalue weighted by atomic mass is 9.86. The molecule has 2 N–H and O–H groups in total. The average molecular weight is 432 g/mol. The maximum atomic E-state index is 14.3. The molecule has 1 saturated heterocycles. The monoisotopic (exact) mass is 431 g/mol. The van der Waals surface area contributed by atoms with Crippen LogP contribution in [0.15, 0.2) is 48.5 Å². The number of rotatable bonds is 7. The smallest absolute Gasteiger partial charge is 0.323 e. The van der Waals surface area contributed by atoms with Crippen LogP contribution in [-0.2, 0) is 27.1 Å². The second kappa shape index (κ2) is 11.3. The quantitative estimate of drug-likeness (QED) is 0.515. The van der Waals surface area contributed by atoms with Crippen LogP contribution in [0.4, 0.5) is 8.78 Å². The van der Waals surface area contributed by atoms with Gasteiger partial charge in [0, 0.05) is 12.7 Å². The number of carbonyl (C=O) groups excluding carboxylic acids is 1. The van der Waals surface area contributed by atoms with Gasteiger partial charge in [0.25, 0.3) is 0 Å². The van der Waals surface area contributed by atoms with Crippen molar-refractivity contribution in [2.75, 3.05) is 6.61 Å². The van der Waals surface area contributed by atoms with Crippen molar-refractivity contribution in [3.63, 3.8) is 0 Å². The standard InChI is InChI=1S/C25H31F2NO3/c1-17-24(30-14-6-9-18-7-3-2-4-8-18)20(10-5-11-23(28)25(29)31-17)15-19-12-13-21(26)16-22(19)27/h2-4,7-8,12-13,16-17,20,23-24H,5-6,9-11,14-15,28H2,1H3. The van der Waals surface area contributed by atoms with E-state index in [9.17, 15) is 13.6 Å². The number of carbonyl (C=O) groups is 1. The van der Waals surface area contributed by atoms with Gasteiger partial charge in [-0.05, 0) is 62.1 Å². The summed E-state index contributed by atoms with van der Waals surface area (Å²) < 4.78 is 39.5. The zero-order valence-electron chi connectivity index (χ0n) is 17.9. The fraction of sp³-hybridized carbons (Fsp3) is 0.480. The van der Waals surface area contributed by atoms with E-state index in [2.05, 4.69) is 12.1 Å². The molecular weight excluding hydrogens is 400 g/mol. The van der Waals surface area contributed by atoms with Gasteiger partial charge in [0.1, 0.15) is 23.8 Å². The zero-order chi connectivity index (χ0) is 22.2. The average Bonchev–Trinajstić information content (AvgIpc) is 2.79. The van der Waals surface area contributed by atoms with Crippen molar-refractivity contribution in [2.24, 2.45) is 11.7 Å². The molecule has 2 aromatic carbocycles. The Morgan fingerprint density at radius 1 is 1.13 bits per heavy atom. The third-order valence-corrected chi connectivity index (χ3v) is 5.88. The Balaban J connectivity index is 1.71. The van der Waals surface area contributed by atoms with E-state index in [1.807, 2.05) is 18.2 Å². The first kappa shape index (κ1) is 23.4. The Hall–Kier alpha value is -2.31. The van der Waals surface area contributed by atoms with E-state index in [4.69, 9.17) is 15.2 Å². The van der Waals surface area contributed by atoms with Crippen LogP contribution in [0.1, 0.15) is 43.7 Å². The van der Waals surface area contributed by atoms with Crippen LogP contribution in [0.3, 0.4) is 0 Å². The van der Waals surface area contributed by atoms with E-state index in [1.54, 1.807) is 6.92 Å². The molecule has 0 aromatic heterocycles. The molecule has 0 aliphatic carbocycles. The fourth-order valence-electron chi connectivity index (χ4n) is 4.20. The molecule has 1 aliphatic rings. The Kier molecular flexibility index (Phi) is 8.55. The molecule has 1 heterocycles. The summed E-state index contributed by atoms with van der Waals surface area (Å²) >= 11 is 0. The van der Waals surface area contributed by atoms with Crippen LogP contribution in [0, 0.1) is 17.6 Å². The molecule has 6 heteroatoms. The van der Waals surface area contributed by atoms with Gasteiger partial charge in [-0.15, -0.1) is 0 Å². The van der Waals surface area contributed by atoms with E-state index in [1.165, 1.54) is 17.7 Å². The number of benzene rings is 2. The molecule has 168 valence electrons. The molecule has 0 saturated carbocycles. The van der Waals surface area contributed by atoms with Gasteiger partial charge >= 0.3 is 5.97 Å². The summed E-state index contributed by atoms with van der Waals surface area (Å²) in [5.41, 5.74) is 7.60. The van der Waals surface area contributed by atoms with E-state index in [0.29, 0.717) is 31.4 Å². The molecule has 0 spiro atoms. The lowest BCUT2D eigenvalue weighted by molar-refractivity contribution is -0.160. The Morgan fingerprint density at radius 2 is 1.90 bits per heavy atom. The number of ether oxygens (including phenoxy) is 2. The van der Waals surface area contributed by atoms with E-state index in [0.717, 1.165) is 25.3 Å².